The van der Waals surface area contributed by atoms with Gasteiger partial charge in [0.2, 0.25) is 5.91 Å². The standard InChI is InChI=1S/C21H27N5O2/c1-26-12-10-19(11-13-26)25-21(28)24-18-8-6-17(7-9-18)23-20(27)14-15-2-4-16(22)5-3-15/h2-9,19H,10-14,22H2,1H3,(H,23,27)(H2,24,25,28). The zero-order valence-electron chi connectivity index (χ0n) is 16.1. The highest BCUT2D eigenvalue weighted by atomic mass is 16.2. The molecule has 148 valence electrons. The van der Waals surface area contributed by atoms with E-state index >= 15 is 0 Å². The molecule has 0 unspecified atom stereocenters. The lowest BCUT2D eigenvalue weighted by Gasteiger charge is -2.29. The summed E-state index contributed by atoms with van der Waals surface area (Å²) in [4.78, 5) is 26.5. The number of nitrogens with two attached hydrogens (primary N) is 1. The Bertz CT molecular complexity index is 797. The second kappa shape index (κ2) is 9.23. The summed E-state index contributed by atoms with van der Waals surface area (Å²) in [7, 11) is 2.09. The molecule has 7 heteroatoms. The van der Waals surface area contributed by atoms with Crippen LogP contribution in [0.2, 0.25) is 0 Å². The minimum atomic E-state index is -0.199. The lowest BCUT2D eigenvalue weighted by Crippen LogP contribution is -2.44. The summed E-state index contributed by atoms with van der Waals surface area (Å²) in [6.07, 6.45) is 2.20. The fourth-order valence-electron chi connectivity index (χ4n) is 3.17. The first-order chi connectivity index (χ1) is 13.5. The Morgan fingerprint density at radius 3 is 2.14 bits per heavy atom. The van der Waals surface area contributed by atoms with Crippen LogP contribution in [0.4, 0.5) is 21.9 Å². The van der Waals surface area contributed by atoms with E-state index in [1.54, 1.807) is 36.4 Å². The van der Waals surface area contributed by atoms with E-state index in [0.29, 0.717) is 17.1 Å². The van der Waals surface area contributed by atoms with Gasteiger partial charge in [-0.05, 0) is 74.9 Å². The molecule has 0 aromatic heterocycles. The average molecular weight is 381 g/mol. The van der Waals surface area contributed by atoms with Gasteiger partial charge in [-0.3, -0.25) is 4.79 Å². The molecular formula is C21H27N5O2. The smallest absolute Gasteiger partial charge is 0.319 e. The highest BCUT2D eigenvalue weighted by Gasteiger charge is 2.18. The number of nitrogens with one attached hydrogen (secondary N) is 3. The summed E-state index contributed by atoms with van der Waals surface area (Å²) in [6.45, 7) is 1.99. The third-order valence-electron chi connectivity index (χ3n) is 4.82. The summed E-state index contributed by atoms with van der Waals surface area (Å²) >= 11 is 0. The normalized spacial score (nSPS) is 15.0. The zero-order valence-corrected chi connectivity index (χ0v) is 16.1. The van der Waals surface area contributed by atoms with Crippen molar-refractivity contribution in [1.82, 2.24) is 10.2 Å². The largest absolute Gasteiger partial charge is 0.399 e. The van der Waals surface area contributed by atoms with Gasteiger partial charge in [-0.1, -0.05) is 12.1 Å². The lowest BCUT2D eigenvalue weighted by atomic mass is 10.1. The summed E-state index contributed by atoms with van der Waals surface area (Å²) in [5.74, 6) is -0.106. The number of piperidine rings is 1. The minimum Gasteiger partial charge on any atom is -0.399 e. The Labute approximate surface area is 165 Å². The SMILES string of the molecule is CN1CCC(NC(=O)Nc2ccc(NC(=O)Cc3ccc(N)cc3)cc2)CC1. The van der Waals surface area contributed by atoms with Crippen LogP contribution < -0.4 is 21.7 Å². The molecule has 0 radical (unpaired) electrons. The number of hydrogen-bond donors (Lipinski definition) is 4. The quantitative estimate of drug-likeness (QED) is 0.598. The molecule has 7 nitrogen and oxygen atoms in total. The molecule has 3 rings (SSSR count). The van der Waals surface area contributed by atoms with Crippen LogP contribution >= 0.6 is 0 Å². The first-order valence-corrected chi connectivity index (χ1v) is 9.48. The first-order valence-electron chi connectivity index (χ1n) is 9.48. The molecule has 2 aromatic carbocycles. The maximum Gasteiger partial charge on any atom is 0.319 e. The number of likely N-dealkylation sites (tertiary alicyclic amines) is 1. The van der Waals surface area contributed by atoms with Crippen molar-refractivity contribution in [3.63, 3.8) is 0 Å². The van der Waals surface area contributed by atoms with Gasteiger partial charge in [0, 0.05) is 23.1 Å². The van der Waals surface area contributed by atoms with Gasteiger partial charge in [-0.15, -0.1) is 0 Å². The van der Waals surface area contributed by atoms with Gasteiger partial charge in [0.25, 0.3) is 0 Å². The van der Waals surface area contributed by atoms with Crippen LogP contribution in [0, 0.1) is 0 Å². The van der Waals surface area contributed by atoms with Crippen molar-refractivity contribution in [3.8, 4) is 0 Å². The van der Waals surface area contributed by atoms with Gasteiger partial charge in [0.05, 0.1) is 6.42 Å². The number of hydrogen-bond acceptors (Lipinski definition) is 4. The Morgan fingerprint density at radius 2 is 1.54 bits per heavy atom. The van der Waals surface area contributed by atoms with Gasteiger partial charge in [0.1, 0.15) is 0 Å². The first kappa shape index (κ1) is 19.7. The molecule has 0 bridgehead atoms. The van der Waals surface area contributed by atoms with Crippen molar-refractivity contribution < 1.29 is 9.59 Å². The highest BCUT2D eigenvalue weighted by Crippen LogP contribution is 2.15. The van der Waals surface area contributed by atoms with Gasteiger partial charge in [-0.25, -0.2) is 4.79 Å². The van der Waals surface area contributed by atoms with E-state index in [2.05, 4.69) is 27.9 Å². The van der Waals surface area contributed by atoms with E-state index in [1.807, 2.05) is 12.1 Å². The zero-order chi connectivity index (χ0) is 19.9. The fourth-order valence-corrected chi connectivity index (χ4v) is 3.17. The molecule has 1 fully saturated rings. The van der Waals surface area contributed by atoms with Crippen LogP contribution in [0.1, 0.15) is 18.4 Å². The average Bonchev–Trinajstić information content (AvgIpc) is 2.67. The number of urea groups is 1. The maximum atomic E-state index is 12.1. The number of carbonyl (C=O) groups excluding carboxylic acids is 2. The van der Waals surface area contributed by atoms with Crippen molar-refractivity contribution in [3.05, 3.63) is 54.1 Å². The van der Waals surface area contributed by atoms with Crippen LogP contribution in [0.5, 0.6) is 0 Å². The van der Waals surface area contributed by atoms with E-state index in [4.69, 9.17) is 5.73 Å². The Hall–Kier alpha value is -3.06. The minimum absolute atomic E-state index is 0.106. The Kier molecular flexibility index (Phi) is 6.49. The van der Waals surface area contributed by atoms with E-state index in [-0.39, 0.29) is 24.4 Å². The van der Waals surface area contributed by atoms with Crippen molar-refractivity contribution in [2.24, 2.45) is 0 Å². The van der Waals surface area contributed by atoms with Crippen LogP contribution in [0.3, 0.4) is 0 Å². The van der Waals surface area contributed by atoms with Crippen LogP contribution in [0.15, 0.2) is 48.5 Å². The van der Waals surface area contributed by atoms with Crippen molar-refractivity contribution in [2.75, 3.05) is 36.5 Å². The Balaban J connectivity index is 1.45. The highest BCUT2D eigenvalue weighted by molar-refractivity contribution is 5.93. The van der Waals surface area contributed by atoms with E-state index < -0.39 is 0 Å². The fraction of sp³-hybridized carbons (Fsp3) is 0.333. The number of benzene rings is 2. The molecule has 1 heterocycles. The van der Waals surface area contributed by atoms with E-state index in [0.717, 1.165) is 31.5 Å². The number of anilines is 3. The third kappa shape index (κ3) is 5.99. The van der Waals surface area contributed by atoms with Crippen LogP contribution in [0.25, 0.3) is 0 Å². The molecule has 0 saturated carbocycles. The summed E-state index contributed by atoms with van der Waals surface area (Å²) < 4.78 is 0. The van der Waals surface area contributed by atoms with Crippen molar-refractivity contribution in [1.29, 1.82) is 0 Å². The number of carbonyl (C=O) groups is 2. The molecular weight excluding hydrogens is 354 g/mol. The number of nitrogens with zero attached hydrogens (tertiary/aromatic N) is 1. The molecule has 1 aliphatic heterocycles. The molecule has 28 heavy (non-hydrogen) atoms. The molecule has 0 aliphatic carbocycles. The molecule has 0 atom stereocenters. The third-order valence-corrected chi connectivity index (χ3v) is 4.82. The van der Waals surface area contributed by atoms with Gasteiger partial charge in [-0.2, -0.15) is 0 Å². The summed E-state index contributed by atoms with van der Waals surface area (Å²) in [5, 5.41) is 8.70. The van der Waals surface area contributed by atoms with Gasteiger partial charge < -0.3 is 26.6 Å². The predicted molar refractivity (Wildman–Crippen MR) is 112 cm³/mol. The van der Waals surface area contributed by atoms with Crippen LogP contribution in [-0.2, 0) is 11.2 Å². The molecule has 0 spiro atoms. The second-order valence-electron chi connectivity index (χ2n) is 7.22. The molecule has 1 saturated heterocycles. The molecule has 5 N–H and O–H groups in total. The Morgan fingerprint density at radius 1 is 0.964 bits per heavy atom. The molecule has 1 aliphatic rings. The number of rotatable bonds is 5. The van der Waals surface area contributed by atoms with Gasteiger partial charge >= 0.3 is 6.03 Å². The molecule has 3 amide bonds. The monoisotopic (exact) mass is 381 g/mol. The van der Waals surface area contributed by atoms with Gasteiger partial charge in [0.15, 0.2) is 0 Å². The number of amides is 3. The maximum absolute atomic E-state index is 12.1. The summed E-state index contributed by atoms with van der Waals surface area (Å²) in [6, 6.07) is 14.3. The summed E-state index contributed by atoms with van der Waals surface area (Å²) in [5.41, 5.74) is 8.59. The molecule has 2 aromatic rings. The van der Waals surface area contributed by atoms with E-state index in [9.17, 15) is 9.59 Å². The topological polar surface area (TPSA) is 99.5 Å². The predicted octanol–water partition coefficient (Wildman–Crippen LogP) is 2.67. The van der Waals surface area contributed by atoms with Crippen LogP contribution in [-0.4, -0.2) is 43.0 Å². The van der Waals surface area contributed by atoms with Crippen molar-refractivity contribution >= 4 is 29.0 Å². The number of nitrogen functional groups attached to an aromatic ring is 1. The van der Waals surface area contributed by atoms with Crippen molar-refractivity contribution in [2.45, 2.75) is 25.3 Å². The second-order valence-corrected chi connectivity index (χ2v) is 7.22. The lowest BCUT2D eigenvalue weighted by molar-refractivity contribution is -0.115. The van der Waals surface area contributed by atoms with E-state index in [1.165, 1.54) is 0 Å².